The summed E-state index contributed by atoms with van der Waals surface area (Å²) in [7, 11) is 3.94. The summed E-state index contributed by atoms with van der Waals surface area (Å²) in [5.74, 6) is -0.0437. The van der Waals surface area contributed by atoms with E-state index in [9.17, 15) is 4.79 Å². The van der Waals surface area contributed by atoms with E-state index in [4.69, 9.17) is 11.6 Å². The lowest BCUT2D eigenvalue weighted by atomic mass is 10.0. The van der Waals surface area contributed by atoms with Gasteiger partial charge < -0.3 is 9.80 Å². The van der Waals surface area contributed by atoms with Gasteiger partial charge in [-0.1, -0.05) is 11.6 Å². The number of carbonyl (C=O) groups is 1. The van der Waals surface area contributed by atoms with Crippen molar-refractivity contribution in [1.29, 1.82) is 0 Å². The van der Waals surface area contributed by atoms with Crippen LogP contribution in [0.25, 0.3) is 0 Å². The summed E-state index contributed by atoms with van der Waals surface area (Å²) in [6.07, 6.45) is 3.74. The van der Waals surface area contributed by atoms with E-state index in [-0.39, 0.29) is 11.9 Å². The SMILES string of the molecule is Cc1cc(Cl)c(C(=O)N(C)C2CCCN(C)C2)cn1. The van der Waals surface area contributed by atoms with Crippen molar-refractivity contribution in [2.45, 2.75) is 25.8 Å². The molecule has 2 heterocycles. The standard InChI is InChI=1S/C14H20ClN3O/c1-10-7-13(15)12(8-16-10)14(19)18(3)11-5-4-6-17(2)9-11/h7-8,11H,4-6,9H2,1-3H3. The third kappa shape index (κ3) is 3.25. The Labute approximate surface area is 119 Å². The highest BCUT2D eigenvalue weighted by Crippen LogP contribution is 2.20. The van der Waals surface area contributed by atoms with Gasteiger partial charge in [-0.15, -0.1) is 0 Å². The van der Waals surface area contributed by atoms with Gasteiger partial charge in [-0.2, -0.15) is 0 Å². The van der Waals surface area contributed by atoms with Crippen molar-refractivity contribution < 1.29 is 4.79 Å². The first kappa shape index (κ1) is 14.3. The summed E-state index contributed by atoms with van der Waals surface area (Å²) >= 11 is 6.14. The predicted octanol–water partition coefficient (Wildman–Crippen LogP) is 2.21. The highest BCUT2D eigenvalue weighted by atomic mass is 35.5. The number of piperidine rings is 1. The van der Waals surface area contributed by atoms with E-state index in [1.54, 1.807) is 17.2 Å². The summed E-state index contributed by atoms with van der Waals surface area (Å²) in [6.45, 7) is 3.88. The molecular formula is C14H20ClN3O. The van der Waals surface area contributed by atoms with Crippen LogP contribution < -0.4 is 0 Å². The second-order valence-electron chi connectivity index (χ2n) is 5.28. The molecule has 1 atom stereocenters. The summed E-state index contributed by atoms with van der Waals surface area (Å²) in [5, 5.41) is 0.480. The monoisotopic (exact) mass is 281 g/mol. The van der Waals surface area contributed by atoms with Crippen molar-refractivity contribution in [2.75, 3.05) is 27.2 Å². The number of aryl methyl sites for hydroxylation is 1. The Morgan fingerprint density at radius 3 is 2.95 bits per heavy atom. The van der Waals surface area contributed by atoms with Crippen molar-refractivity contribution >= 4 is 17.5 Å². The minimum absolute atomic E-state index is 0.0437. The molecule has 1 fully saturated rings. The number of hydrogen-bond donors (Lipinski definition) is 0. The molecule has 1 amide bonds. The van der Waals surface area contributed by atoms with Gasteiger partial charge in [0.05, 0.1) is 10.6 Å². The second-order valence-corrected chi connectivity index (χ2v) is 5.69. The molecule has 0 N–H and O–H groups in total. The first-order chi connectivity index (χ1) is 8.99. The van der Waals surface area contributed by atoms with Crippen LogP contribution in [0, 0.1) is 6.92 Å². The Balaban J connectivity index is 2.14. The van der Waals surface area contributed by atoms with Gasteiger partial charge in [0.15, 0.2) is 0 Å². The Bertz CT molecular complexity index is 478. The Morgan fingerprint density at radius 2 is 2.32 bits per heavy atom. The molecule has 0 aromatic carbocycles. The molecule has 0 saturated carbocycles. The van der Waals surface area contributed by atoms with Gasteiger partial charge in [-0.3, -0.25) is 9.78 Å². The summed E-state index contributed by atoms with van der Waals surface area (Å²) in [6, 6.07) is 1.99. The van der Waals surface area contributed by atoms with E-state index >= 15 is 0 Å². The fourth-order valence-corrected chi connectivity index (χ4v) is 2.78. The number of carbonyl (C=O) groups excluding carboxylic acids is 1. The van der Waals surface area contributed by atoms with Crippen LogP contribution in [0.1, 0.15) is 28.9 Å². The number of nitrogens with zero attached hydrogens (tertiary/aromatic N) is 3. The van der Waals surface area contributed by atoms with Crippen molar-refractivity contribution in [2.24, 2.45) is 0 Å². The average molecular weight is 282 g/mol. The van der Waals surface area contributed by atoms with Gasteiger partial charge in [0.25, 0.3) is 5.91 Å². The average Bonchev–Trinajstić information content (AvgIpc) is 2.37. The molecule has 1 unspecified atom stereocenters. The van der Waals surface area contributed by atoms with E-state index in [0.717, 1.165) is 31.6 Å². The molecule has 4 nitrogen and oxygen atoms in total. The molecule has 5 heteroatoms. The Hall–Kier alpha value is -1.13. The normalized spacial score (nSPS) is 20.3. The molecular weight excluding hydrogens is 262 g/mol. The zero-order valence-corrected chi connectivity index (χ0v) is 12.4. The molecule has 1 aromatic rings. The predicted molar refractivity (Wildman–Crippen MR) is 76.6 cm³/mol. The van der Waals surface area contributed by atoms with Gasteiger partial charge in [0, 0.05) is 31.5 Å². The molecule has 1 aliphatic heterocycles. The number of pyridine rings is 1. The zero-order valence-electron chi connectivity index (χ0n) is 11.7. The third-order valence-corrected chi connectivity index (χ3v) is 4.00. The number of likely N-dealkylation sites (tertiary alicyclic amines) is 1. The fraction of sp³-hybridized carbons (Fsp3) is 0.571. The first-order valence-corrected chi connectivity index (χ1v) is 6.94. The fourth-order valence-electron chi connectivity index (χ4n) is 2.49. The van der Waals surface area contributed by atoms with Crippen LogP contribution >= 0.6 is 11.6 Å². The van der Waals surface area contributed by atoms with E-state index in [1.165, 1.54) is 0 Å². The lowest BCUT2D eigenvalue weighted by molar-refractivity contribution is 0.0644. The van der Waals surface area contributed by atoms with E-state index < -0.39 is 0 Å². The van der Waals surface area contributed by atoms with Crippen LogP contribution in [0.15, 0.2) is 12.3 Å². The minimum Gasteiger partial charge on any atom is -0.337 e. The molecule has 0 aliphatic carbocycles. The molecule has 104 valence electrons. The van der Waals surface area contributed by atoms with Crippen molar-refractivity contribution in [1.82, 2.24) is 14.8 Å². The van der Waals surface area contributed by atoms with Crippen LogP contribution in [0.2, 0.25) is 5.02 Å². The van der Waals surface area contributed by atoms with Gasteiger partial charge in [-0.05, 0) is 39.4 Å². The van der Waals surface area contributed by atoms with E-state index in [2.05, 4.69) is 16.9 Å². The van der Waals surface area contributed by atoms with E-state index in [1.807, 2.05) is 14.0 Å². The highest BCUT2D eigenvalue weighted by molar-refractivity contribution is 6.33. The number of halogens is 1. The maximum atomic E-state index is 12.5. The molecule has 19 heavy (non-hydrogen) atoms. The second kappa shape index (κ2) is 5.88. The van der Waals surface area contributed by atoms with Crippen LogP contribution in [0.5, 0.6) is 0 Å². The molecule has 2 rings (SSSR count). The van der Waals surface area contributed by atoms with Gasteiger partial charge in [-0.25, -0.2) is 0 Å². The topological polar surface area (TPSA) is 36.4 Å². The first-order valence-electron chi connectivity index (χ1n) is 6.57. The molecule has 1 saturated heterocycles. The van der Waals surface area contributed by atoms with Crippen LogP contribution in [-0.2, 0) is 0 Å². The largest absolute Gasteiger partial charge is 0.337 e. The quantitative estimate of drug-likeness (QED) is 0.834. The number of amides is 1. The molecule has 0 spiro atoms. The van der Waals surface area contributed by atoms with Crippen LogP contribution in [-0.4, -0.2) is 53.9 Å². The number of hydrogen-bond acceptors (Lipinski definition) is 3. The molecule has 1 aromatic heterocycles. The highest BCUT2D eigenvalue weighted by Gasteiger charge is 2.26. The molecule has 0 radical (unpaired) electrons. The molecule has 0 bridgehead atoms. The third-order valence-electron chi connectivity index (χ3n) is 3.69. The van der Waals surface area contributed by atoms with Gasteiger partial charge in [0.1, 0.15) is 0 Å². The maximum Gasteiger partial charge on any atom is 0.256 e. The maximum absolute atomic E-state index is 12.5. The van der Waals surface area contributed by atoms with Gasteiger partial charge in [0.2, 0.25) is 0 Å². The van der Waals surface area contributed by atoms with Crippen molar-refractivity contribution in [3.8, 4) is 0 Å². The number of likely N-dealkylation sites (N-methyl/N-ethyl adjacent to an activating group) is 2. The lowest BCUT2D eigenvalue weighted by Gasteiger charge is -2.35. The van der Waals surface area contributed by atoms with Crippen LogP contribution in [0.4, 0.5) is 0 Å². The van der Waals surface area contributed by atoms with Crippen molar-refractivity contribution in [3.63, 3.8) is 0 Å². The molecule has 1 aliphatic rings. The van der Waals surface area contributed by atoms with E-state index in [0.29, 0.717) is 10.6 Å². The number of aromatic nitrogens is 1. The Morgan fingerprint density at radius 1 is 1.58 bits per heavy atom. The number of rotatable bonds is 2. The zero-order chi connectivity index (χ0) is 14.0. The van der Waals surface area contributed by atoms with Crippen molar-refractivity contribution in [3.05, 3.63) is 28.5 Å². The van der Waals surface area contributed by atoms with Gasteiger partial charge >= 0.3 is 0 Å². The summed E-state index contributed by atoms with van der Waals surface area (Å²) < 4.78 is 0. The summed E-state index contributed by atoms with van der Waals surface area (Å²) in [4.78, 5) is 20.7. The Kier molecular flexibility index (Phi) is 4.42. The smallest absolute Gasteiger partial charge is 0.256 e. The minimum atomic E-state index is -0.0437. The summed E-state index contributed by atoms with van der Waals surface area (Å²) in [5.41, 5.74) is 1.31. The lowest BCUT2D eigenvalue weighted by Crippen LogP contribution is -2.47. The van der Waals surface area contributed by atoms with Crippen LogP contribution in [0.3, 0.4) is 0 Å².